The maximum atomic E-state index is 4.50. The molecule has 264 valence electrons. The van der Waals surface area contributed by atoms with E-state index in [-0.39, 0.29) is 0 Å². The van der Waals surface area contributed by atoms with Gasteiger partial charge in [0.2, 0.25) is 0 Å². The Hall–Kier alpha value is 1.05. The minimum atomic E-state index is 0.366. The highest BCUT2D eigenvalue weighted by Gasteiger charge is 2.48. The van der Waals surface area contributed by atoms with E-state index < -0.39 is 0 Å². The fourth-order valence-electron chi connectivity index (χ4n) is 9.66. The Morgan fingerprint density at radius 1 is 0.364 bits per heavy atom. The van der Waals surface area contributed by atoms with Gasteiger partial charge in [0.1, 0.15) is 0 Å². The molecule has 1 fully saturated rings. The minimum absolute atomic E-state index is 0.366. The first-order valence-electron chi connectivity index (χ1n) is 18.9. The second-order valence-corrected chi connectivity index (χ2v) is 21.3. The van der Waals surface area contributed by atoms with E-state index in [9.17, 15) is 0 Å². The van der Waals surface area contributed by atoms with Crippen LogP contribution in [0.2, 0.25) is 0 Å². The fraction of sp³-hybridized carbons (Fsp3) is 1.00. The molecule has 0 aromatic rings. The Morgan fingerprint density at radius 2 is 0.659 bits per heavy atom. The molecule has 1 aliphatic rings. The summed E-state index contributed by atoms with van der Waals surface area (Å²) in [5.74, 6) is 5.50. The molecule has 0 heterocycles. The zero-order valence-corrected chi connectivity index (χ0v) is 34.9. The van der Waals surface area contributed by atoms with E-state index in [1.54, 1.807) is 0 Å². The second-order valence-electron chi connectivity index (χ2n) is 20.0. The summed E-state index contributed by atoms with van der Waals surface area (Å²) in [5.41, 5.74) is 2.38. The van der Waals surface area contributed by atoms with E-state index >= 15 is 0 Å². The first-order valence-corrected chi connectivity index (χ1v) is 20.8. The molecule has 0 nitrogen and oxygen atoms in total. The zero-order valence-electron chi connectivity index (χ0n) is 32.2. The number of thiol groups is 3. The van der Waals surface area contributed by atoms with Crippen molar-refractivity contribution in [3.8, 4) is 0 Å². The smallest absolute Gasteiger partial charge is 0.00979 e. The normalized spacial score (nSPS) is 21.2. The van der Waals surface area contributed by atoms with Crippen molar-refractivity contribution in [3.63, 3.8) is 0 Å². The van der Waals surface area contributed by atoms with E-state index in [0.29, 0.717) is 32.5 Å². The number of hydrogen-bond acceptors (Lipinski definition) is 3. The van der Waals surface area contributed by atoms with Gasteiger partial charge in [-0.1, -0.05) is 109 Å². The van der Waals surface area contributed by atoms with Crippen LogP contribution in [-0.4, -0.2) is 17.3 Å². The monoisotopic (exact) mass is 671 g/mol. The highest BCUT2D eigenvalue weighted by molar-refractivity contribution is 7.80. The van der Waals surface area contributed by atoms with Crippen molar-refractivity contribution in [1.82, 2.24) is 0 Å². The van der Waals surface area contributed by atoms with Gasteiger partial charge >= 0.3 is 0 Å². The van der Waals surface area contributed by atoms with Gasteiger partial charge < -0.3 is 0 Å². The van der Waals surface area contributed by atoms with Crippen LogP contribution < -0.4 is 0 Å². The third-order valence-electron chi connectivity index (χ3n) is 12.4. The average molecular weight is 671 g/mol. The Labute approximate surface area is 296 Å². The lowest BCUT2D eigenvalue weighted by molar-refractivity contribution is -0.0334. The number of rotatable bonds is 23. The Balaban J connectivity index is 3.20. The Bertz CT molecular complexity index is 731. The van der Waals surface area contributed by atoms with Gasteiger partial charge in [-0.2, -0.15) is 37.9 Å². The molecule has 1 rings (SSSR count). The number of unbranched alkanes of at least 4 members (excludes halogenated alkanes) is 3. The van der Waals surface area contributed by atoms with E-state index in [2.05, 4.69) is 121 Å². The molecule has 44 heavy (non-hydrogen) atoms. The molecule has 3 heteroatoms. The average Bonchev–Trinajstić information content (AvgIpc) is 2.87. The van der Waals surface area contributed by atoms with Crippen molar-refractivity contribution < 1.29 is 0 Å². The van der Waals surface area contributed by atoms with Crippen molar-refractivity contribution >= 4 is 37.9 Å². The lowest BCUT2D eigenvalue weighted by Crippen LogP contribution is -2.44. The topological polar surface area (TPSA) is 0 Å². The molecule has 1 saturated carbocycles. The van der Waals surface area contributed by atoms with Crippen molar-refractivity contribution in [3.05, 3.63) is 0 Å². The van der Waals surface area contributed by atoms with Crippen LogP contribution in [0.25, 0.3) is 0 Å². The van der Waals surface area contributed by atoms with Crippen molar-refractivity contribution in [1.29, 1.82) is 0 Å². The van der Waals surface area contributed by atoms with Crippen molar-refractivity contribution in [2.24, 2.45) is 50.2 Å². The van der Waals surface area contributed by atoms with Crippen molar-refractivity contribution in [2.75, 3.05) is 17.3 Å². The third kappa shape index (κ3) is 16.0. The summed E-state index contributed by atoms with van der Waals surface area (Å²) in [6.07, 6.45) is 22.8. The summed E-state index contributed by atoms with van der Waals surface area (Å²) in [7, 11) is 0. The molecular formula is C41H82S3. The van der Waals surface area contributed by atoms with Crippen LogP contribution in [0.15, 0.2) is 0 Å². The predicted molar refractivity (Wildman–Crippen MR) is 213 cm³/mol. The van der Waals surface area contributed by atoms with Gasteiger partial charge in [0.05, 0.1) is 0 Å². The van der Waals surface area contributed by atoms with E-state index in [1.165, 1.54) is 109 Å². The molecule has 0 saturated heterocycles. The maximum absolute atomic E-state index is 4.50. The van der Waals surface area contributed by atoms with Crippen LogP contribution >= 0.6 is 37.9 Å². The van der Waals surface area contributed by atoms with Crippen LogP contribution in [0, 0.1) is 50.2 Å². The molecule has 0 radical (unpaired) electrons. The quantitative estimate of drug-likeness (QED) is 0.0699. The maximum Gasteiger partial charge on any atom is -0.00979 e. The van der Waals surface area contributed by atoms with Gasteiger partial charge in [-0.05, 0) is 151 Å². The van der Waals surface area contributed by atoms with E-state index in [0.717, 1.165) is 35.0 Å². The van der Waals surface area contributed by atoms with Crippen molar-refractivity contribution in [2.45, 2.75) is 192 Å². The summed E-state index contributed by atoms with van der Waals surface area (Å²) in [6.45, 7) is 31.1. The summed E-state index contributed by atoms with van der Waals surface area (Å²) in [5, 5.41) is 0. The van der Waals surface area contributed by atoms with Crippen LogP contribution in [-0.2, 0) is 0 Å². The van der Waals surface area contributed by atoms with Gasteiger partial charge in [0, 0.05) is 0 Å². The van der Waals surface area contributed by atoms with Gasteiger partial charge in [0.25, 0.3) is 0 Å². The summed E-state index contributed by atoms with van der Waals surface area (Å²) >= 11 is 13.4. The lowest BCUT2D eigenvalue weighted by atomic mass is 9.52. The Kier molecular flexibility index (Phi) is 18.3. The molecule has 0 amide bonds. The van der Waals surface area contributed by atoms with Gasteiger partial charge in [-0.25, -0.2) is 0 Å². The molecular weight excluding hydrogens is 589 g/mol. The molecule has 2 atom stereocenters. The molecule has 2 unspecified atom stereocenters. The van der Waals surface area contributed by atoms with Gasteiger partial charge in [-0.3, -0.25) is 0 Å². The summed E-state index contributed by atoms with van der Waals surface area (Å²) in [6, 6.07) is 0. The fourth-order valence-corrected chi connectivity index (χ4v) is 10.3. The number of hydrogen-bond donors (Lipinski definition) is 3. The standard InChI is InChI=1S/C41H82S3/c1-36(2,20-13-16-25-42)23-19-24-39(7,8)33-28-34(40(9,10)31-37(3,4)21-14-17-26-43)30-35(29-33)41(11,12)32-38(5,6)22-15-18-27-44/h33-35,42-44H,13-32H2,1-12H3. The molecule has 0 spiro atoms. The zero-order chi connectivity index (χ0) is 33.9. The van der Waals surface area contributed by atoms with Gasteiger partial charge in [-0.15, -0.1) is 0 Å². The first kappa shape index (κ1) is 43.1. The van der Waals surface area contributed by atoms with Crippen LogP contribution in [0.4, 0.5) is 0 Å². The van der Waals surface area contributed by atoms with Gasteiger partial charge in [0.15, 0.2) is 0 Å². The van der Waals surface area contributed by atoms with Crippen LogP contribution in [0.1, 0.15) is 192 Å². The Morgan fingerprint density at radius 3 is 1.00 bits per heavy atom. The highest BCUT2D eigenvalue weighted by atomic mass is 32.1. The third-order valence-corrected chi connectivity index (χ3v) is 13.3. The first-order chi connectivity index (χ1) is 20.1. The summed E-state index contributed by atoms with van der Waals surface area (Å²) < 4.78 is 0. The molecule has 0 N–H and O–H groups in total. The molecule has 1 aliphatic carbocycles. The molecule has 0 aromatic heterocycles. The largest absolute Gasteiger partial charge is 0.179 e. The SMILES string of the molecule is CC(C)(CCCCS)CCCC(C)(C)C1CC(C(C)(C)CC(C)(C)CCCCS)CC(C(C)(C)CC(C)(C)CCCCS)C1. The summed E-state index contributed by atoms with van der Waals surface area (Å²) in [4.78, 5) is 0. The van der Waals surface area contributed by atoms with E-state index in [1.807, 2.05) is 0 Å². The minimum Gasteiger partial charge on any atom is -0.179 e. The van der Waals surface area contributed by atoms with E-state index in [4.69, 9.17) is 0 Å². The molecule has 0 bridgehead atoms. The van der Waals surface area contributed by atoms with Crippen LogP contribution in [0.5, 0.6) is 0 Å². The highest BCUT2D eigenvalue weighted by Crippen LogP contribution is 2.58. The van der Waals surface area contributed by atoms with Crippen LogP contribution in [0.3, 0.4) is 0 Å². The predicted octanol–water partition coefficient (Wildman–Crippen LogP) is 14.4. The molecule has 0 aromatic carbocycles. The lowest BCUT2D eigenvalue weighted by Gasteiger charge is -2.53. The second kappa shape index (κ2) is 18.7. The molecule has 0 aliphatic heterocycles.